The Morgan fingerprint density at radius 2 is 1.93 bits per heavy atom. The Kier molecular flexibility index (Phi) is 3.36. The molecule has 2 rings (SSSR count). The Hall–Kier alpha value is -0.0800. The van der Waals surface area contributed by atoms with Crippen LogP contribution in [0.5, 0.6) is 0 Å². The summed E-state index contributed by atoms with van der Waals surface area (Å²) in [5, 5.41) is 3.86. The summed E-state index contributed by atoms with van der Waals surface area (Å²) in [6, 6.07) is 1.87. The van der Waals surface area contributed by atoms with Crippen LogP contribution in [0.3, 0.4) is 0 Å². The molecule has 3 N–H and O–H groups in total. The van der Waals surface area contributed by atoms with Gasteiger partial charge in [-0.15, -0.1) is 0 Å². The van der Waals surface area contributed by atoms with E-state index in [-0.39, 0.29) is 0 Å². The van der Waals surface area contributed by atoms with Crippen LogP contribution in [-0.4, -0.2) is 18.1 Å². The van der Waals surface area contributed by atoms with Crippen molar-refractivity contribution in [3.8, 4) is 0 Å². The topological polar surface area (TPSA) is 38.0 Å². The van der Waals surface area contributed by atoms with Gasteiger partial charge in [0.05, 0.1) is 0 Å². The van der Waals surface area contributed by atoms with Gasteiger partial charge in [-0.1, -0.05) is 26.7 Å². The highest BCUT2D eigenvalue weighted by molar-refractivity contribution is 4.92. The molecule has 0 saturated heterocycles. The second-order valence-corrected chi connectivity index (χ2v) is 6.22. The highest BCUT2D eigenvalue weighted by atomic mass is 15.0. The van der Waals surface area contributed by atoms with E-state index in [0.29, 0.717) is 17.5 Å². The van der Waals surface area contributed by atoms with Gasteiger partial charge in [0.15, 0.2) is 0 Å². The van der Waals surface area contributed by atoms with Gasteiger partial charge in [0.1, 0.15) is 0 Å². The largest absolute Gasteiger partial charge is 0.328 e. The zero-order valence-corrected chi connectivity index (χ0v) is 10.3. The van der Waals surface area contributed by atoms with Crippen LogP contribution in [0, 0.1) is 5.41 Å². The molecule has 2 nitrogen and oxygen atoms in total. The van der Waals surface area contributed by atoms with E-state index in [4.69, 9.17) is 5.73 Å². The Bertz CT molecular complexity index is 213. The molecule has 0 heterocycles. The molecule has 2 aliphatic carbocycles. The smallest absolute Gasteiger partial charge is 0.0121 e. The minimum absolute atomic E-state index is 0.453. The molecule has 2 fully saturated rings. The molecule has 3 unspecified atom stereocenters. The maximum absolute atomic E-state index is 5.96. The van der Waals surface area contributed by atoms with E-state index in [1.165, 1.54) is 44.9 Å². The lowest BCUT2D eigenvalue weighted by molar-refractivity contribution is 0.155. The molecule has 2 heteroatoms. The third-order valence-electron chi connectivity index (χ3n) is 4.42. The lowest BCUT2D eigenvalue weighted by Gasteiger charge is -2.40. The number of hydrogen-bond donors (Lipinski definition) is 2. The van der Waals surface area contributed by atoms with Gasteiger partial charge in [0.2, 0.25) is 0 Å². The zero-order chi connectivity index (χ0) is 10.9. The van der Waals surface area contributed by atoms with Gasteiger partial charge >= 0.3 is 0 Å². The molecule has 2 saturated carbocycles. The molecule has 88 valence electrons. The van der Waals surface area contributed by atoms with Crippen LogP contribution < -0.4 is 11.1 Å². The predicted octanol–water partition coefficient (Wildman–Crippen LogP) is 2.42. The number of nitrogens with two attached hydrogens (primary N) is 1. The lowest BCUT2D eigenvalue weighted by Crippen LogP contribution is -2.48. The molecule has 15 heavy (non-hydrogen) atoms. The minimum Gasteiger partial charge on any atom is -0.328 e. The van der Waals surface area contributed by atoms with Gasteiger partial charge in [0, 0.05) is 18.1 Å². The van der Waals surface area contributed by atoms with Gasteiger partial charge in [-0.3, -0.25) is 0 Å². The fourth-order valence-electron chi connectivity index (χ4n) is 3.26. The average molecular weight is 210 g/mol. The SMILES string of the molecule is CC1(C)CCCCC1NC1CCC(N)C1. The third kappa shape index (κ3) is 2.73. The summed E-state index contributed by atoms with van der Waals surface area (Å²) in [6.45, 7) is 4.83. The maximum Gasteiger partial charge on any atom is 0.0121 e. The van der Waals surface area contributed by atoms with E-state index < -0.39 is 0 Å². The van der Waals surface area contributed by atoms with E-state index in [9.17, 15) is 0 Å². The third-order valence-corrected chi connectivity index (χ3v) is 4.42. The Morgan fingerprint density at radius 1 is 1.13 bits per heavy atom. The van der Waals surface area contributed by atoms with E-state index in [1.54, 1.807) is 0 Å². The summed E-state index contributed by atoms with van der Waals surface area (Å²) in [5.74, 6) is 0. The van der Waals surface area contributed by atoms with Crippen LogP contribution in [0.4, 0.5) is 0 Å². The van der Waals surface area contributed by atoms with Crippen molar-refractivity contribution in [3.63, 3.8) is 0 Å². The van der Waals surface area contributed by atoms with Gasteiger partial charge < -0.3 is 11.1 Å². The van der Waals surface area contributed by atoms with Crippen molar-refractivity contribution in [3.05, 3.63) is 0 Å². The molecule has 0 aromatic heterocycles. The van der Waals surface area contributed by atoms with Gasteiger partial charge in [-0.25, -0.2) is 0 Å². The van der Waals surface area contributed by atoms with E-state index in [1.807, 2.05) is 0 Å². The fraction of sp³-hybridized carbons (Fsp3) is 1.00. The van der Waals surface area contributed by atoms with E-state index in [0.717, 1.165) is 6.04 Å². The first-order chi connectivity index (χ1) is 7.08. The number of hydrogen-bond acceptors (Lipinski definition) is 2. The van der Waals surface area contributed by atoms with Crippen LogP contribution in [0.1, 0.15) is 58.8 Å². The summed E-state index contributed by atoms with van der Waals surface area (Å²) in [7, 11) is 0. The van der Waals surface area contributed by atoms with Crippen molar-refractivity contribution >= 4 is 0 Å². The minimum atomic E-state index is 0.453. The lowest BCUT2D eigenvalue weighted by atomic mass is 9.73. The molecule has 0 amide bonds. The van der Waals surface area contributed by atoms with Crippen molar-refractivity contribution in [2.45, 2.75) is 76.9 Å². The van der Waals surface area contributed by atoms with Crippen LogP contribution in [0.25, 0.3) is 0 Å². The van der Waals surface area contributed by atoms with E-state index >= 15 is 0 Å². The molecule has 0 spiro atoms. The van der Waals surface area contributed by atoms with Crippen LogP contribution in [0.15, 0.2) is 0 Å². The molecule has 2 aliphatic rings. The monoisotopic (exact) mass is 210 g/mol. The first-order valence-corrected chi connectivity index (χ1v) is 6.59. The average Bonchev–Trinajstić information content (AvgIpc) is 2.55. The molecule has 0 aromatic carbocycles. The Morgan fingerprint density at radius 3 is 2.53 bits per heavy atom. The Balaban J connectivity index is 1.87. The highest BCUT2D eigenvalue weighted by Gasteiger charge is 2.34. The van der Waals surface area contributed by atoms with Gasteiger partial charge in [-0.05, 0) is 37.5 Å². The first-order valence-electron chi connectivity index (χ1n) is 6.59. The quantitative estimate of drug-likeness (QED) is 0.734. The Labute approximate surface area is 94.0 Å². The highest BCUT2D eigenvalue weighted by Crippen LogP contribution is 2.36. The number of nitrogens with one attached hydrogen (secondary N) is 1. The summed E-state index contributed by atoms with van der Waals surface area (Å²) in [5.41, 5.74) is 6.45. The molecule has 3 atom stereocenters. The van der Waals surface area contributed by atoms with Crippen molar-refractivity contribution in [2.24, 2.45) is 11.1 Å². The molecule has 0 aromatic rings. The summed E-state index contributed by atoms with van der Waals surface area (Å²) < 4.78 is 0. The second kappa shape index (κ2) is 4.42. The molecule has 0 radical (unpaired) electrons. The first kappa shape index (κ1) is 11.4. The molecule has 0 aliphatic heterocycles. The zero-order valence-electron chi connectivity index (χ0n) is 10.3. The van der Waals surface area contributed by atoms with Crippen molar-refractivity contribution < 1.29 is 0 Å². The maximum atomic E-state index is 5.96. The van der Waals surface area contributed by atoms with Crippen molar-refractivity contribution in [1.29, 1.82) is 0 Å². The van der Waals surface area contributed by atoms with E-state index in [2.05, 4.69) is 19.2 Å². The van der Waals surface area contributed by atoms with Crippen molar-refractivity contribution in [2.75, 3.05) is 0 Å². The van der Waals surface area contributed by atoms with Crippen LogP contribution >= 0.6 is 0 Å². The summed E-state index contributed by atoms with van der Waals surface area (Å²) in [4.78, 5) is 0. The fourth-order valence-corrected chi connectivity index (χ4v) is 3.26. The molecular formula is C13H26N2. The van der Waals surface area contributed by atoms with Gasteiger partial charge in [0.25, 0.3) is 0 Å². The van der Waals surface area contributed by atoms with Crippen LogP contribution in [-0.2, 0) is 0 Å². The summed E-state index contributed by atoms with van der Waals surface area (Å²) >= 11 is 0. The molecular weight excluding hydrogens is 184 g/mol. The van der Waals surface area contributed by atoms with Crippen molar-refractivity contribution in [1.82, 2.24) is 5.32 Å². The molecule has 0 bridgehead atoms. The second-order valence-electron chi connectivity index (χ2n) is 6.22. The predicted molar refractivity (Wildman–Crippen MR) is 64.8 cm³/mol. The summed E-state index contributed by atoms with van der Waals surface area (Å²) in [6.07, 6.45) is 9.24. The van der Waals surface area contributed by atoms with Crippen LogP contribution in [0.2, 0.25) is 0 Å². The normalized spacial score (nSPS) is 40.6. The van der Waals surface area contributed by atoms with Gasteiger partial charge in [-0.2, -0.15) is 0 Å². The standard InChI is InChI=1S/C13H26N2/c1-13(2)8-4-3-5-12(13)15-11-7-6-10(14)9-11/h10-12,15H,3-9,14H2,1-2H3. The number of rotatable bonds is 2.